The van der Waals surface area contributed by atoms with E-state index in [1.807, 2.05) is 6.07 Å². The molecule has 0 amide bonds. The Hall–Kier alpha value is -1.68. The van der Waals surface area contributed by atoms with Gasteiger partial charge in [0.25, 0.3) is 0 Å². The van der Waals surface area contributed by atoms with Crippen molar-refractivity contribution in [3.8, 4) is 0 Å². The standard InChI is InChI=1S/C22H32N2OS/c1-7-10-11-22(8-2,9-3)18-14-19(25-24-18)23-21(26)20-16(5)12-15(4)13-17(20)6/h12-14H,7-11H2,1-6H3,(H,23,26). The minimum absolute atomic E-state index is 0.0940. The number of rotatable bonds is 8. The lowest BCUT2D eigenvalue weighted by Crippen LogP contribution is -2.24. The molecule has 2 rings (SSSR count). The van der Waals surface area contributed by atoms with Gasteiger partial charge in [0.15, 0.2) is 0 Å². The Morgan fingerprint density at radius 2 is 1.69 bits per heavy atom. The number of benzene rings is 1. The second-order valence-corrected chi connectivity index (χ2v) is 7.80. The van der Waals surface area contributed by atoms with Gasteiger partial charge in [-0.1, -0.05) is 68.7 Å². The van der Waals surface area contributed by atoms with Crippen LogP contribution >= 0.6 is 12.2 Å². The predicted octanol–water partition coefficient (Wildman–Crippen LogP) is 6.64. The summed E-state index contributed by atoms with van der Waals surface area (Å²) in [6.07, 6.45) is 5.67. The summed E-state index contributed by atoms with van der Waals surface area (Å²) in [6, 6.07) is 6.35. The van der Waals surface area contributed by atoms with Crippen LogP contribution in [0.4, 0.5) is 5.88 Å². The van der Waals surface area contributed by atoms with E-state index < -0.39 is 0 Å². The summed E-state index contributed by atoms with van der Waals surface area (Å²) in [5.74, 6) is 0.632. The number of nitrogens with zero attached hydrogens (tertiary/aromatic N) is 1. The van der Waals surface area contributed by atoms with E-state index in [0.29, 0.717) is 10.9 Å². The molecule has 0 bridgehead atoms. The third-order valence-electron chi connectivity index (χ3n) is 5.56. The van der Waals surface area contributed by atoms with Crippen LogP contribution in [0.15, 0.2) is 22.7 Å². The van der Waals surface area contributed by atoms with Gasteiger partial charge in [-0.25, -0.2) is 0 Å². The highest BCUT2D eigenvalue weighted by Crippen LogP contribution is 2.37. The topological polar surface area (TPSA) is 38.1 Å². The monoisotopic (exact) mass is 372 g/mol. The second kappa shape index (κ2) is 8.81. The fraction of sp³-hybridized carbons (Fsp3) is 0.545. The van der Waals surface area contributed by atoms with Crippen LogP contribution < -0.4 is 5.32 Å². The fourth-order valence-corrected chi connectivity index (χ4v) is 4.33. The third kappa shape index (κ3) is 4.35. The fourth-order valence-electron chi connectivity index (χ4n) is 3.91. The van der Waals surface area contributed by atoms with Crippen LogP contribution in [0.2, 0.25) is 0 Å². The van der Waals surface area contributed by atoms with Gasteiger partial charge in [0.1, 0.15) is 4.99 Å². The molecule has 0 spiro atoms. The summed E-state index contributed by atoms with van der Waals surface area (Å²) in [5.41, 5.74) is 5.82. The van der Waals surface area contributed by atoms with Gasteiger partial charge in [0, 0.05) is 17.0 Å². The molecular formula is C22H32N2OS. The number of hydrogen-bond acceptors (Lipinski definition) is 3. The van der Waals surface area contributed by atoms with Crippen LogP contribution in [0, 0.1) is 20.8 Å². The first-order valence-electron chi connectivity index (χ1n) is 9.73. The number of unbranched alkanes of at least 4 members (excludes halogenated alkanes) is 1. The molecule has 1 aromatic carbocycles. The van der Waals surface area contributed by atoms with E-state index in [9.17, 15) is 0 Å². The zero-order valence-electron chi connectivity index (χ0n) is 17.0. The molecule has 1 heterocycles. The number of anilines is 1. The Labute approximate surface area is 163 Å². The number of aromatic nitrogens is 1. The van der Waals surface area contributed by atoms with Crippen LogP contribution in [0.5, 0.6) is 0 Å². The average Bonchev–Trinajstić information content (AvgIpc) is 3.04. The van der Waals surface area contributed by atoms with Crippen LogP contribution in [0.1, 0.15) is 80.8 Å². The van der Waals surface area contributed by atoms with E-state index in [4.69, 9.17) is 16.7 Å². The van der Waals surface area contributed by atoms with Crippen molar-refractivity contribution in [2.75, 3.05) is 5.32 Å². The van der Waals surface area contributed by atoms with Crippen molar-refractivity contribution >= 4 is 23.1 Å². The lowest BCUT2D eigenvalue weighted by molar-refractivity contribution is 0.318. The molecule has 26 heavy (non-hydrogen) atoms. The van der Waals surface area contributed by atoms with Crippen molar-refractivity contribution in [2.45, 2.75) is 79.1 Å². The molecule has 0 aliphatic carbocycles. The Bertz CT molecular complexity index is 736. The normalized spacial score (nSPS) is 11.6. The lowest BCUT2D eigenvalue weighted by atomic mass is 9.75. The Morgan fingerprint density at radius 3 is 2.23 bits per heavy atom. The maximum absolute atomic E-state index is 5.65. The van der Waals surface area contributed by atoms with E-state index >= 15 is 0 Å². The molecule has 1 aromatic heterocycles. The van der Waals surface area contributed by atoms with Gasteiger partial charge in [-0.05, 0) is 51.2 Å². The van der Waals surface area contributed by atoms with Gasteiger partial charge in [0.05, 0.1) is 5.69 Å². The first kappa shape index (κ1) is 20.6. The van der Waals surface area contributed by atoms with Gasteiger partial charge in [-0.2, -0.15) is 0 Å². The summed E-state index contributed by atoms with van der Waals surface area (Å²) in [5, 5.41) is 7.65. The van der Waals surface area contributed by atoms with Gasteiger partial charge < -0.3 is 9.84 Å². The highest BCUT2D eigenvalue weighted by molar-refractivity contribution is 7.81. The lowest BCUT2D eigenvalue weighted by Gasteiger charge is -2.29. The Morgan fingerprint density at radius 1 is 1.08 bits per heavy atom. The van der Waals surface area contributed by atoms with E-state index in [1.54, 1.807) is 0 Å². The molecule has 3 nitrogen and oxygen atoms in total. The zero-order valence-corrected chi connectivity index (χ0v) is 17.8. The molecule has 0 saturated carbocycles. The Balaban J connectivity index is 2.23. The third-order valence-corrected chi connectivity index (χ3v) is 5.86. The maximum Gasteiger partial charge on any atom is 0.229 e. The minimum Gasteiger partial charge on any atom is -0.338 e. The van der Waals surface area contributed by atoms with Crippen molar-refractivity contribution in [2.24, 2.45) is 0 Å². The first-order chi connectivity index (χ1) is 12.4. The van der Waals surface area contributed by atoms with Crippen LogP contribution in [0.25, 0.3) is 0 Å². The quantitative estimate of drug-likeness (QED) is 0.527. The Kier molecular flexibility index (Phi) is 6.99. The summed E-state index contributed by atoms with van der Waals surface area (Å²) < 4.78 is 5.60. The van der Waals surface area contributed by atoms with Crippen molar-refractivity contribution in [3.63, 3.8) is 0 Å². The summed E-state index contributed by atoms with van der Waals surface area (Å²) >= 11 is 5.65. The summed E-state index contributed by atoms with van der Waals surface area (Å²) in [4.78, 5) is 0.690. The molecule has 0 atom stereocenters. The van der Waals surface area contributed by atoms with E-state index in [-0.39, 0.29) is 5.41 Å². The number of thiocarbonyl (C=S) groups is 1. The van der Waals surface area contributed by atoms with Crippen LogP contribution in [0.3, 0.4) is 0 Å². The predicted molar refractivity (Wildman–Crippen MR) is 114 cm³/mol. The molecule has 4 heteroatoms. The first-order valence-corrected chi connectivity index (χ1v) is 10.1. The molecule has 0 fully saturated rings. The van der Waals surface area contributed by atoms with Gasteiger partial charge in [0.2, 0.25) is 5.88 Å². The largest absolute Gasteiger partial charge is 0.338 e. The summed E-state index contributed by atoms with van der Waals surface area (Å²) in [6.45, 7) is 13.0. The van der Waals surface area contributed by atoms with Crippen LogP contribution in [-0.2, 0) is 5.41 Å². The second-order valence-electron chi connectivity index (χ2n) is 7.40. The molecule has 0 saturated heterocycles. The highest BCUT2D eigenvalue weighted by atomic mass is 32.1. The molecule has 0 aliphatic rings. The van der Waals surface area contributed by atoms with E-state index in [2.05, 4.69) is 64.1 Å². The maximum atomic E-state index is 5.65. The molecule has 2 aromatic rings. The summed E-state index contributed by atoms with van der Waals surface area (Å²) in [7, 11) is 0. The number of hydrogen-bond donors (Lipinski definition) is 1. The van der Waals surface area contributed by atoms with E-state index in [1.165, 1.54) is 29.5 Å². The van der Waals surface area contributed by atoms with E-state index in [0.717, 1.165) is 30.5 Å². The van der Waals surface area contributed by atoms with Crippen molar-refractivity contribution in [3.05, 3.63) is 46.1 Å². The van der Waals surface area contributed by atoms with Crippen molar-refractivity contribution in [1.29, 1.82) is 0 Å². The van der Waals surface area contributed by atoms with Crippen LogP contribution in [-0.4, -0.2) is 10.1 Å². The van der Waals surface area contributed by atoms with Gasteiger partial charge in [-0.3, -0.25) is 0 Å². The molecular weight excluding hydrogens is 340 g/mol. The van der Waals surface area contributed by atoms with Crippen molar-refractivity contribution < 1.29 is 4.52 Å². The molecule has 0 radical (unpaired) electrons. The number of nitrogens with one attached hydrogen (secondary N) is 1. The minimum atomic E-state index is 0.0940. The smallest absolute Gasteiger partial charge is 0.229 e. The SMILES string of the molecule is CCCCC(CC)(CC)c1cc(NC(=S)c2c(C)cc(C)cc2C)on1. The van der Waals surface area contributed by atoms with Gasteiger partial charge >= 0.3 is 0 Å². The molecule has 0 aliphatic heterocycles. The highest BCUT2D eigenvalue weighted by Gasteiger charge is 2.31. The molecule has 142 valence electrons. The average molecular weight is 373 g/mol. The number of aryl methyl sites for hydroxylation is 3. The molecule has 1 N–H and O–H groups in total. The van der Waals surface area contributed by atoms with Gasteiger partial charge in [-0.15, -0.1) is 0 Å². The van der Waals surface area contributed by atoms with Crippen molar-refractivity contribution in [1.82, 2.24) is 5.16 Å². The molecule has 0 unspecified atom stereocenters. The zero-order chi connectivity index (χ0) is 19.3.